The lowest BCUT2D eigenvalue weighted by atomic mass is 10.3. The van der Waals surface area contributed by atoms with Crippen molar-refractivity contribution in [3.8, 4) is 5.88 Å². The van der Waals surface area contributed by atoms with Crippen LogP contribution < -0.4 is 10.1 Å². The van der Waals surface area contributed by atoms with Crippen molar-refractivity contribution >= 4 is 12.4 Å². The Balaban J connectivity index is 0.000000980. The van der Waals surface area contributed by atoms with Crippen molar-refractivity contribution in [3.05, 3.63) is 23.9 Å². The first-order valence-corrected chi connectivity index (χ1v) is 4.64. The van der Waals surface area contributed by atoms with Crippen molar-refractivity contribution in [2.24, 2.45) is 0 Å². The number of aromatic nitrogens is 1. The zero-order chi connectivity index (χ0) is 9.10. The molecule has 1 aliphatic heterocycles. The minimum Gasteiger partial charge on any atom is -0.473 e. The van der Waals surface area contributed by atoms with Crippen molar-refractivity contribution in [2.75, 3.05) is 13.1 Å². The Bertz CT molecular complexity index is 287. The Morgan fingerprint density at radius 1 is 1.57 bits per heavy atom. The number of hydrogen-bond acceptors (Lipinski definition) is 3. The number of nitrogens with zero attached hydrogens (tertiary/aromatic N) is 1. The van der Waals surface area contributed by atoms with Crippen LogP contribution >= 0.6 is 12.4 Å². The molecule has 3 nitrogen and oxygen atoms in total. The first-order chi connectivity index (χ1) is 6.34. The largest absolute Gasteiger partial charge is 0.473 e. The van der Waals surface area contributed by atoms with E-state index in [-0.39, 0.29) is 12.4 Å². The molecule has 4 heteroatoms. The van der Waals surface area contributed by atoms with Crippen LogP contribution in [-0.2, 0) is 0 Å². The first-order valence-electron chi connectivity index (χ1n) is 4.64. The first kappa shape index (κ1) is 11.3. The van der Waals surface area contributed by atoms with E-state index in [1.165, 1.54) is 5.56 Å². The number of pyridine rings is 1. The highest BCUT2D eigenvalue weighted by atomic mass is 35.5. The molecule has 0 amide bonds. The fourth-order valence-electron chi connectivity index (χ4n) is 1.47. The second-order valence-corrected chi connectivity index (χ2v) is 3.40. The summed E-state index contributed by atoms with van der Waals surface area (Å²) in [5.41, 5.74) is 1.19. The predicted octanol–water partition coefficient (Wildman–Crippen LogP) is 1.55. The molecule has 2 heterocycles. The topological polar surface area (TPSA) is 34.1 Å². The van der Waals surface area contributed by atoms with E-state index in [0.29, 0.717) is 6.10 Å². The minimum absolute atomic E-state index is 0. The molecule has 0 radical (unpaired) electrons. The van der Waals surface area contributed by atoms with Crippen LogP contribution in [-0.4, -0.2) is 24.2 Å². The zero-order valence-electron chi connectivity index (χ0n) is 8.19. The molecule has 1 fully saturated rings. The molecule has 0 aromatic carbocycles. The van der Waals surface area contributed by atoms with Gasteiger partial charge in [-0.05, 0) is 31.5 Å². The van der Waals surface area contributed by atoms with E-state index in [4.69, 9.17) is 4.74 Å². The van der Waals surface area contributed by atoms with Gasteiger partial charge in [-0.15, -0.1) is 12.4 Å². The number of nitrogens with one attached hydrogen (secondary N) is 1. The Morgan fingerprint density at radius 3 is 3.07 bits per heavy atom. The van der Waals surface area contributed by atoms with E-state index in [0.717, 1.165) is 25.4 Å². The molecule has 0 aliphatic carbocycles. The highest BCUT2D eigenvalue weighted by molar-refractivity contribution is 5.85. The van der Waals surface area contributed by atoms with Gasteiger partial charge in [0.15, 0.2) is 0 Å². The van der Waals surface area contributed by atoms with Gasteiger partial charge < -0.3 is 10.1 Å². The Kier molecular flexibility index (Phi) is 4.17. The molecule has 1 aliphatic rings. The SMILES string of the molecule is Cc1ccnc(OC2CCNC2)c1.Cl. The maximum Gasteiger partial charge on any atom is 0.213 e. The Hall–Kier alpha value is -0.800. The summed E-state index contributed by atoms with van der Waals surface area (Å²) in [7, 11) is 0. The summed E-state index contributed by atoms with van der Waals surface area (Å²) in [5, 5.41) is 3.25. The normalized spacial score (nSPS) is 20.2. The van der Waals surface area contributed by atoms with Gasteiger partial charge in [0.1, 0.15) is 6.10 Å². The van der Waals surface area contributed by atoms with E-state index < -0.39 is 0 Å². The molecular weight excluding hydrogens is 200 g/mol. The summed E-state index contributed by atoms with van der Waals surface area (Å²) in [6.45, 7) is 4.04. The summed E-state index contributed by atoms with van der Waals surface area (Å²) in [6.07, 6.45) is 3.16. The summed E-state index contributed by atoms with van der Waals surface area (Å²) in [5.74, 6) is 0.744. The van der Waals surface area contributed by atoms with Gasteiger partial charge in [-0.2, -0.15) is 0 Å². The highest BCUT2D eigenvalue weighted by Crippen LogP contribution is 2.12. The average molecular weight is 215 g/mol. The summed E-state index contributed by atoms with van der Waals surface area (Å²) >= 11 is 0. The number of halogens is 1. The van der Waals surface area contributed by atoms with Gasteiger partial charge in [-0.3, -0.25) is 0 Å². The van der Waals surface area contributed by atoms with Crippen molar-refractivity contribution in [3.63, 3.8) is 0 Å². The lowest BCUT2D eigenvalue weighted by molar-refractivity contribution is 0.214. The molecule has 0 saturated carbocycles. The standard InChI is InChI=1S/C10H14N2O.ClH/c1-8-2-5-12-10(6-8)13-9-3-4-11-7-9;/h2,5-6,9,11H,3-4,7H2,1H3;1H. The Morgan fingerprint density at radius 2 is 2.43 bits per heavy atom. The molecule has 1 aromatic heterocycles. The van der Waals surface area contributed by atoms with Gasteiger partial charge in [0.05, 0.1) is 0 Å². The molecule has 1 N–H and O–H groups in total. The van der Waals surface area contributed by atoms with Gasteiger partial charge in [-0.25, -0.2) is 4.98 Å². The number of aryl methyl sites for hydroxylation is 1. The van der Waals surface area contributed by atoms with Crippen LogP contribution in [0, 0.1) is 6.92 Å². The monoisotopic (exact) mass is 214 g/mol. The van der Waals surface area contributed by atoms with E-state index in [1.54, 1.807) is 6.20 Å². The molecule has 1 unspecified atom stereocenters. The maximum atomic E-state index is 5.68. The summed E-state index contributed by atoms with van der Waals surface area (Å²) in [4.78, 5) is 4.15. The Labute approximate surface area is 90.3 Å². The van der Waals surface area contributed by atoms with E-state index in [2.05, 4.69) is 10.3 Å². The summed E-state index contributed by atoms with van der Waals surface area (Å²) < 4.78 is 5.68. The van der Waals surface area contributed by atoms with E-state index in [1.807, 2.05) is 19.1 Å². The van der Waals surface area contributed by atoms with Gasteiger partial charge in [0.25, 0.3) is 0 Å². The van der Waals surface area contributed by atoms with Crippen molar-refractivity contribution in [2.45, 2.75) is 19.4 Å². The molecular formula is C10H15ClN2O. The van der Waals surface area contributed by atoms with Crippen molar-refractivity contribution in [1.29, 1.82) is 0 Å². The van der Waals surface area contributed by atoms with Crippen molar-refractivity contribution < 1.29 is 4.74 Å². The van der Waals surface area contributed by atoms with Gasteiger partial charge in [0, 0.05) is 18.8 Å². The number of hydrogen-bond donors (Lipinski definition) is 1. The molecule has 78 valence electrons. The molecule has 14 heavy (non-hydrogen) atoms. The zero-order valence-corrected chi connectivity index (χ0v) is 9.01. The lowest BCUT2D eigenvalue weighted by Gasteiger charge is -2.11. The van der Waals surface area contributed by atoms with Crippen LogP contribution in [0.15, 0.2) is 18.3 Å². The second kappa shape index (κ2) is 5.17. The van der Waals surface area contributed by atoms with E-state index >= 15 is 0 Å². The predicted molar refractivity (Wildman–Crippen MR) is 58.1 cm³/mol. The van der Waals surface area contributed by atoms with E-state index in [9.17, 15) is 0 Å². The third-order valence-electron chi connectivity index (χ3n) is 2.19. The van der Waals surface area contributed by atoms with Crippen LogP contribution in [0.25, 0.3) is 0 Å². The molecule has 1 aromatic rings. The maximum absolute atomic E-state index is 5.68. The summed E-state index contributed by atoms with van der Waals surface area (Å²) in [6, 6.07) is 3.94. The van der Waals surface area contributed by atoms with Gasteiger partial charge >= 0.3 is 0 Å². The smallest absolute Gasteiger partial charge is 0.213 e. The van der Waals surface area contributed by atoms with Crippen LogP contribution in [0.2, 0.25) is 0 Å². The highest BCUT2D eigenvalue weighted by Gasteiger charge is 2.15. The third kappa shape index (κ3) is 2.86. The second-order valence-electron chi connectivity index (χ2n) is 3.40. The molecule has 1 saturated heterocycles. The number of ether oxygens (including phenoxy) is 1. The number of rotatable bonds is 2. The van der Waals surface area contributed by atoms with Crippen LogP contribution in [0.4, 0.5) is 0 Å². The van der Waals surface area contributed by atoms with Gasteiger partial charge in [0.2, 0.25) is 5.88 Å². The molecule has 2 rings (SSSR count). The minimum atomic E-state index is 0. The van der Waals surface area contributed by atoms with Gasteiger partial charge in [-0.1, -0.05) is 0 Å². The van der Waals surface area contributed by atoms with Crippen LogP contribution in [0.3, 0.4) is 0 Å². The van der Waals surface area contributed by atoms with Crippen molar-refractivity contribution in [1.82, 2.24) is 10.3 Å². The molecule has 0 spiro atoms. The average Bonchev–Trinajstić information content (AvgIpc) is 2.57. The van der Waals surface area contributed by atoms with Crippen LogP contribution in [0.1, 0.15) is 12.0 Å². The fourth-order valence-corrected chi connectivity index (χ4v) is 1.47. The molecule has 1 atom stereocenters. The van der Waals surface area contributed by atoms with Crippen LogP contribution in [0.5, 0.6) is 5.88 Å². The fraction of sp³-hybridized carbons (Fsp3) is 0.500. The quantitative estimate of drug-likeness (QED) is 0.811. The third-order valence-corrected chi connectivity index (χ3v) is 2.19. The molecule has 0 bridgehead atoms. The lowest BCUT2D eigenvalue weighted by Crippen LogP contribution is -2.20.